The Morgan fingerprint density at radius 2 is 2.22 bits per heavy atom. The fourth-order valence-electron chi connectivity index (χ4n) is 1.83. The second kappa shape index (κ2) is 6.97. The molecule has 0 aliphatic carbocycles. The first kappa shape index (κ1) is 14.5. The summed E-state index contributed by atoms with van der Waals surface area (Å²) in [6.07, 6.45) is 1.03. The molecule has 98 valence electrons. The zero-order valence-corrected chi connectivity index (χ0v) is 11.6. The van der Waals surface area contributed by atoms with Gasteiger partial charge in [-0.15, -0.1) is 0 Å². The molecule has 1 aromatic rings. The largest absolute Gasteiger partial charge is 0.383 e. The molecule has 0 aliphatic rings. The maximum atomic E-state index is 9.02. The van der Waals surface area contributed by atoms with Crippen LogP contribution in [0.5, 0.6) is 0 Å². The zero-order chi connectivity index (χ0) is 13.5. The molecule has 0 saturated carbocycles. The van der Waals surface area contributed by atoms with Crippen molar-refractivity contribution in [2.75, 3.05) is 25.2 Å². The van der Waals surface area contributed by atoms with Crippen LogP contribution >= 0.6 is 0 Å². The van der Waals surface area contributed by atoms with Crippen LogP contribution in [0.1, 0.15) is 31.5 Å². The molecule has 0 saturated heterocycles. The van der Waals surface area contributed by atoms with Crippen LogP contribution in [0.15, 0.2) is 12.1 Å². The standard InChI is InChI=1S/C14H21N3O/c1-5-12(3)17(6-7-18-4)14-9-13(10-15)8-11(2)16-14/h8-9,12H,5-7H2,1-4H3. The first-order valence-corrected chi connectivity index (χ1v) is 6.26. The second-order valence-corrected chi connectivity index (χ2v) is 4.41. The third-order valence-corrected chi connectivity index (χ3v) is 3.02. The average Bonchev–Trinajstić information content (AvgIpc) is 2.38. The van der Waals surface area contributed by atoms with Gasteiger partial charge in [0, 0.05) is 25.4 Å². The summed E-state index contributed by atoms with van der Waals surface area (Å²) in [7, 11) is 1.69. The number of rotatable bonds is 6. The van der Waals surface area contributed by atoms with Crippen molar-refractivity contribution in [3.63, 3.8) is 0 Å². The van der Waals surface area contributed by atoms with Crippen LogP contribution in [-0.4, -0.2) is 31.3 Å². The van der Waals surface area contributed by atoms with E-state index < -0.39 is 0 Å². The van der Waals surface area contributed by atoms with Crippen LogP contribution in [0.25, 0.3) is 0 Å². The van der Waals surface area contributed by atoms with E-state index in [1.165, 1.54) is 0 Å². The quantitative estimate of drug-likeness (QED) is 0.775. The first-order chi connectivity index (χ1) is 8.62. The predicted molar refractivity (Wildman–Crippen MR) is 72.7 cm³/mol. The molecule has 1 aromatic heterocycles. The molecule has 0 bridgehead atoms. The summed E-state index contributed by atoms with van der Waals surface area (Å²) in [4.78, 5) is 6.72. The van der Waals surface area contributed by atoms with Crippen LogP contribution in [0, 0.1) is 18.3 Å². The van der Waals surface area contributed by atoms with Crippen molar-refractivity contribution >= 4 is 5.82 Å². The van der Waals surface area contributed by atoms with Crippen molar-refractivity contribution in [2.24, 2.45) is 0 Å². The van der Waals surface area contributed by atoms with E-state index in [0.717, 1.165) is 24.5 Å². The molecule has 4 heteroatoms. The fraction of sp³-hybridized carbons (Fsp3) is 0.571. The topological polar surface area (TPSA) is 49.1 Å². The highest BCUT2D eigenvalue weighted by atomic mass is 16.5. The van der Waals surface area contributed by atoms with E-state index in [0.29, 0.717) is 18.2 Å². The van der Waals surface area contributed by atoms with E-state index in [-0.39, 0.29) is 0 Å². The number of pyridine rings is 1. The normalized spacial score (nSPS) is 11.9. The van der Waals surface area contributed by atoms with Crippen molar-refractivity contribution in [1.29, 1.82) is 5.26 Å². The number of nitriles is 1. The molecule has 18 heavy (non-hydrogen) atoms. The monoisotopic (exact) mass is 247 g/mol. The van der Waals surface area contributed by atoms with Gasteiger partial charge in [-0.1, -0.05) is 6.92 Å². The van der Waals surface area contributed by atoms with Gasteiger partial charge in [-0.05, 0) is 32.4 Å². The fourth-order valence-corrected chi connectivity index (χ4v) is 1.83. The minimum Gasteiger partial charge on any atom is -0.383 e. The minimum atomic E-state index is 0.376. The molecule has 1 heterocycles. The highest BCUT2D eigenvalue weighted by molar-refractivity contribution is 5.47. The summed E-state index contributed by atoms with van der Waals surface area (Å²) in [5.41, 5.74) is 1.53. The Hall–Kier alpha value is -1.60. The second-order valence-electron chi connectivity index (χ2n) is 4.41. The summed E-state index contributed by atoms with van der Waals surface area (Å²) >= 11 is 0. The Bertz CT molecular complexity index is 426. The third-order valence-electron chi connectivity index (χ3n) is 3.02. The van der Waals surface area contributed by atoms with E-state index >= 15 is 0 Å². The molecule has 0 fully saturated rings. The highest BCUT2D eigenvalue weighted by Crippen LogP contribution is 2.18. The van der Waals surface area contributed by atoms with Gasteiger partial charge < -0.3 is 9.64 Å². The average molecular weight is 247 g/mol. The van der Waals surface area contributed by atoms with Gasteiger partial charge in [-0.3, -0.25) is 0 Å². The van der Waals surface area contributed by atoms with Gasteiger partial charge in [-0.2, -0.15) is 5.26 Å². The van der Waals surface area contributed by atoms with Gasteiger partial charge in [0.1, 0.15) is 5.82 Å². The Labute approximate surface area is 109 Å². The number of hydrogen-bond acceptors (Lipinski definition) is 4. The van der Waals surface area contributed by atoms with Crippen molar-refractivity contribution in [3.05, 3.63) is 23.4 Å². The van der Waals surface area contributed by atoms with Gasteiger partial charge in [0.15, 0.2) is 0 Å². The highest BCUT2D eigenvalue weighted by Gasteiger charge is 2.15. The van der Waals surface area contributed by atoms with Crippen LogP contribution in [0.4, 0.5) is 5.82 Å². The van der Waals surface area contributed by atoms with Gasteiger partial charge in [0.2, 0.25) is 0 Å². The maximum absolute atomic E-state index is 9.02. The third kappa shape index (κ3) is 3.71. The van der Waals surface area contributed by atoms with E-state index in [2.05, 4.69) is 29.8 Å². The van der Waals surface area contributed by atoms with Gasteiger partial charge in [0.05, 0.1) is 18.2 Å². The molecule has 4 nitrogen and oxygen atoms in total. The number of anilines is 1. The van der Waals surface area contributed by atoms with Gasteiger partial charge in [-0.25, -0.2) is 4.98 Å². The number of ether oxygens (including phenoxy) is 1. The lowest BCUT2D eigenvalue weighted by Crippen LogP contribution is -2.36. The summed E-state index contributed by atoms with van der Waals surface area (Å²) in [6, 6.07) is 6.20. The molecule has 0 aromatic carbocycles. The lowest BCUT2D eigenvalue weighted by atomic mass is 10.2. The van der Waals surface area contributed by atoms with E-state index in [4.69, 9.17) is 10.00 Å². The van der Waals surface area contributed by atoms with Gasteiger partial charge in [0.25, 0.3) is 0 Å². The van der Waals surface area contributed by atoms with Crippen molar-refractivity contribution < 1.29 is 4.74 Å². The number of methoxy groups -OCH3 is 1. The summed E-state index contributed by atoms with van der Waals surface area (Å²) in [5, 5.41) is 9.02. The minimum absolute atomic E-state index is 0.376. The number of aromatic nitrogens is 1. The molecular formula is C14H21N3O. The van der Waals surface area contributed by atoms with E-state index in [9.17, 15) is 0 Å². The number of aryl methyl sites for hydroxylation is 1. The van der Waals surface area contributed by atoms with Crippen molar-refractivity contribution in [3.8, 4) is 6.07 Å². The Morgan fingerprint density at radius 3 is 2.78 bits per heavy atom. The summed E-state index contributed by atoms with van der Waals surface area (Å²) in [6.45, 7) is 7.65. The molecule has 0 amide bonds. The van der Waals surface area contributed by atoms with Crippen LogP contribution in [-0.2, 0) is 4.74 Å². The Balaban J connectivity index is 3.04. The lowest BCUT2D eigenvalue weighted by molar-refractivity contribution is 0.203. The SMILES string of the molecule is CCC(C)N(CCOC)c1cc(C#N)cc(C)n1. The molecule has 0 N–H and O–H groups in total. The molecule has 0 aliphatic heterocycles. The van der Waals surface area contributed by atoms with Crippen LogP contribution in [0.3, 0.4) is 0 Å². The molecule has 1 atom stereocenters. The predicted octanol–water partition coefficient (Wildman–Crippen LogP) is 2.51. The molecule has 0 radical (unpaired) electrons. The van der Waals surface area contributed by atoms with Crippen LogP contribution in [0.2, 0.25) is 0 Å². The van der Waals surface area contributed by atoms with E-state index in [1.807, 2.05) is 13.0 Å². The van der Waals surface area contributed by atoms with Gasteiger partial charge >= 0.3 is 0 Å². The first-order valence-electron chi connectivity index (χ1n) is 6.26. The van der Waals surface area contributed by atoms with E-state index in [1.54, 1.807) is 13.2 Å². The lowest BCUT2D eigenvalue weighted by Gasteiger charge is -2.29. The number of nitrogens with zero attached hydrogens (tertiary/aromatic N) is 3. The smallest absolute Gasteiger partial charge is 0.130 e. The Kier molecular flexibility index (Phi) is 5.60. The number of hydrogen-bond donors (Lipinski definition) is 0. The van der Waals surface area contributed by atoms with Crippen molar-refractivity contribution in [1.82, 2.24) is 4.98 Å². The van der Waals surface area contributed by atoms with Crippen molar-refractivity contribution in [2.45, 2.75) is 33.2 Å². The zero-order valence-electron chi connectivity index (χ0n) is 11.6. The molecule has 1 rings (SSSR count). The molecule has 1 unspecified atom stereocenters. The van der Waals surface area contributed by atoms with Crippen LogP contribution < -0.4 is 4.90 Å². The summed E-state index contributed by atoms with van der Waals surface area (Å²) in [5.74, 6) is 0.859. The molecular weight excluding hydrogens is 226 g/mol. The molecule has 0 spiro atoms. The Morgan fingerprint density at radius 1 is 1.50 bits per heavy atom. The summed E-state index contributed by atoms with van der Waals surface area (Å²) < 4.78 is 5.14. The maximum Gasteiger partial charge on any atom is 0.130 e.